The van der Waals surface area contributed by atoms with Crippen LogP contribution in [0.2, 0.25) is 5.02 Å². The molecule has 1 aliphatic heterocycles. The van der Waals surface area contributed by atoms with Crippen molar-refractivity contribution in [3.05, 3.63) is 40.4 Å². The van der Waals surface area contributed by atoms with Gasteiger partial charge in [-0.25, -0.2) is 4.98 Å². The van der Waals surface area contributed by atoms with Gasteiger partial charge >= 0.3 is 0 Å². The van der Waals surface area contributed by atoms with Crippen molar-refractivity contribution in [3.8, 4) is 0 Å². The van der Waals surface area contributed by atoms with E-state index in [1.165, 1.54) is 11.3 Å². The van der Waals surface area contributed by atoms with Crippen molar-refractivity contribution in [2.75, 3.05) is 30.3 Å². The Morgan fingerprint density at radius 3 is 3.14 bits per heavy atom. The number of hydrogen-bond acceptors (Lipinski definition) is 5. The number of nitrogens with two attached hydrogens (primary N) is 1. The molecule has 0 saturated carbocycles. The summed E-state index contributed by atoms with van der Waals surface area (Å²) in [7, 11) is 0. The number of nitrogens with one attached hydrogen (secondary N) is 1. The lowest BCUT2D eigenvalue weighted by Crippen LogP contribution is -2.31. The maximum atomic E-state index is 12.0. The summed E-state index contributed by atoms with van der Waals surface area (Å²) < 4.78 is 0. The van der Waals surface area contributed by atoms with E-state index in [4.69, 9.17) is 17.3 Å². The van der Waals surface area contributed by atoms with Crippen LogP contribution in [-0.4, -0.2) is 30.5 Å². The number of hydrogen-bond donors (Lipinski definition) is 2. The molecule has 1 unspecified atom stereocenters. The summed E-state index contributed by atoms with van der Waals surface area (Å²) in [5, 5.41) is 5.77. The van der Waals surface area contributed by atoms with Crippen molar-refractivity contribution in [2.45, 2.75) is 6.42 Å². The molecule has 1 aromatic carbocycles. The number of benzene rings is 1. The quantitative estimate of drug-likeness (QED) is 0.900. The van der Waals surface area contributed by atoms with Crippen LogP contribution in [0, 0.1) is 5.92 Å². The number of thiazole rings is 1. The molecule has 116 valence electrons. The van der Waals surface area contributed by atoms with Crippen LogP contribution in [0.3, 0.4) is 0 Å². The highest BCUT2D eigenvalue weighted by molar-refractivity contribution is 7.13. The van der Waals surface area contributed by atoms with Gasteiger partial charge in [-0.05, 0) is 30.5 Å². The van der Waals surface area contributed by atoms with Gasteiger partial charge in [0.2, 0.25) is 0 Å². The Labute approximate surface area is 138 Å². The van der Waals surface area contributed by atoms with Crippen LogP contribution in [0.4, 0.5) is 10.8 Å². The third-order valence-electron chi connectivity index (χ3n) is 3.77. The van der Waals surface area contributed by atoms with Crippen LogP contribution < -0.4 is 16.0 Å². The van der Waals surface area contributed by atoms with Gasteiger partial charge in [0, 0.05) is 35.7 Å². The SMILES string of the molecule is Nc1nc(C(=O)NCC2CCN(c3cccc(Cl)c3)C2)cs1. The average Bonchev–Trinajstić information content (AvgIpc) is 3.14. The molecular formula is C15H17ClN4OS. The Morgan fingerprint density at radius 2 is 2.41 bits per heavy atom. The number of aromatic nitrogens is 1. The first-order valence-electron chi connectivity index (χ1n) is 7.11. The summed E-state index contributed by atoms with van der Waals surface area (Å²) in [4.78, 5) is 18.2. The molecule has 0 bridgehead atoms. The number of nitrogens with zero attached hydrogens (tertiary/aromatic N) is 2. The van der Waals surface area contributed by atoms with Gasteiger partial charge in [0.05, 0.1) is 0 Å². The fourth-order valence-electron chi connectivity index (χ4n) is 2.63. The molecule has 1 aromatic heterocycles. The number of halogens is 1. The number of carbonyl (C=O) groups excluding carboxylic acids is 1. The first kappa shape index (κ1) is 15.1. The molecule has 22 heavy (non-hydrogen) atoms. The lowest BCUT2D eigenvalue weighted by atomic mass is 10.1. The standard InChI is InChI=1S/C15H17ClN4OS/c16-11-2-1-3-12(6-11)20-5-4-10(8-20)7-18-14(21)13-9-22-15(17)19-13/h1-3,6,9-10H,4-5,7-8H2,(H2,17,19)(H,18,21). The molecule has 1 amide bonds. The minimum atomic E-state index is -0.158. The fourth-order valence-corrected chi connectivity index (χ4v) is 3.35. The van der Waals surface area contributed by atoms with Gasteiger partial charge in [0.15, 0.2) is 5.13 Å². The van der Waals surface area contributed by atoms with Gasteiger partial charge in [-0.15, -0.1) is 11.3 Å². The molecule has 1 aliphatic rings. The second-order valence-electron chi connectivity index (χ2n) is 5.36. The van der Waals surface area contributed by atoms with Crippen LogP contribution in [0.15, 0.2) is 29.6 Å². The molecule has 7 heteroatoms. The smallest absolute Gasteiger partial charge is 0.270 e. The molecule has 0 aliphatic carbocycles. The number of rotatable bonds is 4. The summed E-state index contributed by atoms with van der Waals surface area (Å²) in [5.41, 5.74) is 7.07. The van der Waals surface area contributed by atoms with Gasteiger partial charge < -0.3 is 16.0 Å². The van der Waals surface area contributed by atoms with Crippen molar-refractivity contribution in [3.63, 3.8) is 0 Å². The highest BCUT2D eigenvalue weighted by Crippen LogP contribution is 2.25. The van der Waals surface area contributed by atoms with Crippen molar-refractivity contribution in [2.24, 2.45) is 5.92 Å². The fraction of sp³-hybridized carbons (Fsp3) is 0.333. The minimum Gasteiger partial charge on any atom is -0.375 e. The maximum Gasteiger partial charge on any atom is 0.270 e. The monoisotopic (exact) mass is 336 g/mol. The normalized spacial score (nSPS) is 17.7. The Kier molecular flexibility index (Phi) is 4.49. The maximum absolute atomic E-state index is 12.0. The number of anilines is 2. The molecule has 0 spiro atoms. The number of nitrogen functional groups attached to an aromatic ring is 1. The number of carbonyl (C=O) groups is 1. The van der Waals surface area contributed by atoms with Gasteiger partial charge in [-0.3, -0.25) is 4.79 Å². The molecule has 3 N–H and O–H groups in total. The third-order valence-corrected chi connectivity index (χ3v) is 4.67. The largest absolute Gasteiger partial charge is 0.375 e. The van der Waals surface area contributed by atoms with E-state index in [0.717, 1.165) is 30.2 Å². The van der Waals surface area contributed by atoms with E-state index in [1.54, 1.807) is 5.38 Å². The highest BCUT2D eigenvalue weighted by atomic mass is 35.5. The summed E-state index contributed by atoms with van der Waals surface area (Å²) in [5.74, 6) is 0.271. The van der Waals surface area contributed by atoms with Crippen LogP contribution in [0.1, 0.15) is 16.9 Å². The molecule has 0 radical (unpaired) electrons. The van der Waals surface area contributed by atoms with E-state index < -0.39 is 0 Å². The van der Waals surface area contributed by atoms with E-state index in [9.17, 15) is 4.79 Å². The van der Waals surface area contributed by atoms with Crippen molar-refractivity contribution in [1.82, 2.24) is 10.3 Å². The van der Waals surface area contributed by atoms with Gasteiger partial charge in [0.25, 0.3) is 5.91 Å². The second kappa shape index (κ2) is 6.54. The molecular weight excluding hydrogens is 320 g/mol. The first-order chi connectivity index (χ1) is 10.6. The van der Waals surface area contributed by atoms with Gasteiger partial charge in [0.1, 0.15) is 5.69 Å². The first-order valence-corrected chi connectivity index (χ1v) is 8.37. The zero-order chi connectivity index (χ0) is 15.5. The molecule has 1 saturated heterocycles. The molecule has 1 atom stereocenters. The van der Waals surface area contributed by atoms with Gasteiger partial charge in [-0.1, -0.05) is 17.7 Å². The topological polar surface area (TPSA) is 71.2 Å². The van der Waals surface area contributed by atoms with E-state index in [2.05, 4.69) is 21.3 Å². The van der Waals surface area contributed by atoms with E-state index in [1.807, 2.05) is 18.2 Å². The molecule has 2 aromatic rings. The third kappa shape index (κ3) is 3.51. The van der Waals surface area contributed by atoms with Crippen LogP contribution in [-0.2, 0) is 0 Å². The second-order valence-corrected chi connectivity index (χ2v) is 6.69. The Morgan fingerprint density at radius 1 is 1.55 bits per heavy atom. The van der Waals surface area contributed by atoms with Gasteiger partial charge in [-0.2, -0.15) is 0 Å². The molecule has 2 heterocycles. The van der Waals surface area contributed by atoms with Crippen LogP contribution in [0.25, 0.3) is 0 Å². The zero-order valence-corrected chi connectivity index (χ0v) is 13.5. The van der Waals surface area contributed by atoms with Crippen LogP contribution >= 0.6 is 22.9 Å². The molecule has 3 rings (SSSR count). The Bertz CT molecular complexity index is 675. The number of amides is 1. The van der Waals surface area contributed by atoms with E-state index in [0.29, 0.717) is 23.3 Å². The van der Waals surface area contributed by atoms with E-state index in [-0.39, 0.29) is 5.91 Å². The minimum absolute atomic E-state index is 0.158. The van der Waals surface area contributed by atoms with Crippen molar-refractivity contribution >= 4 is 39.7 Å². The predicted octanol–water partition coefficient (Wildman–Crippen LogP) is 2.64. The molecule has 1 fully saturated rings. The van der Waals surface area contributed by atoms with Crippen LogP contribution in [0.5, 0.6) is 0 Å². The predicted molar refractivity (Wildman–Crippen MR) is 90.6 cm³/mol. The lowest BCUT2D eigenvalue weighted by Gasteiger charge is -2.19. The van der Waals surface area contributed by atoms with Crippen molar-refractivity contribution < 1.29 is 4.79 Å². The summed E-state index contributed by atoms with van der Waals surface area (Å²) >= 11 is 7.31. The average molecular weight is 337 g/mol. The summed E-state index contributed by atoms with van der Waals surface area (Å²) in [6.45, 7) is 2.54. The zero-order valence-electron chi connectivity index (χ0n) is 12.0. The van der Waals surface area contributed by atoms with Crippen molar-refractivity contribution in [1.29, 1.82) is 0 Å². The Hall–Kier alpha value is -1.79. The highest BCUT2D eigenvalue weighted by Gasteiger charge is 2.23. The summed E-state index contributed by atoms with van der Waals surface area (Å²) in [6, 6.07) is 7.86. The van der Waals surface area contributed by atoms with E-state index >= 15 is 0 Å². The summed E-state index contributed by atoms with van der Waals surface area (Å²) in [6.07, 6.45) is 1.05. The Balaban J connectivity index is 1.52. The lowest BCUT2D eigenvalue weighted by molar-refractivity contribution is 0.0944. The molecule has 5 nitrogen and oxygen atoms in total.